The normalized spacial score (nSPS) is 31.1. The standard InChI is InChI=1S/C10H15FO/c11-10(8-12)6-9(7-10)4-2-1-3-5-9/h8H,1-7H2. The van der Waals surface area contributed by atoms with Crippen LogP contribution in [0.3, 0.4) is 0 Å². The molecule has 2 heteroatoms. The zero-order valence-corrected chi connectivity index (χ0v) is 7.31. The van der Waals surface area contributed by atoms with Gasteiger partial charge in [0.1, 0.15) is 0 Å². The third kappa shape index (κ3) is 1.17. The molecule has 0 aromatic rings. The SMILES string of the molecule is O=CC1(F)CC2(CCCCC2)C1. The van der Waals surface area contributed by atoms with E-state index in [4.69, 9.17) is 0 Å². The number of hydrogen-bond acceptors (Lipinski definition) is 1. The third-order valence-electron chi connectivity index (χ3n) is 3.46. The van der Waals surface area contributed by atoms with Crippen molar-refractivity contribution in [2.75, 3.05) is 0 Å². The predicted octanol–water partition coefficient (Wildman–Crippen LogP) is 2.64. The van der Waals surface area contributed by atoms with Crippen LogP contribution in [0.5, 0.6) is 0 Å². The van der Waals surface area contributed by atoms with Crippen molar-refractivity contribution in [1.82, 2.24) is 0 Å². The second-order valence-electron chi connectivity index (χ2n) is 4.57. The smallest absolute Gasteiger partial charge is 0.166 e. The summed E-state index contributed by atoms with van der Waals surface area (Å²) >= 11 is 0. The van der Waals surface area contributed by atoms with E-state index < -0.39 is 5.67 Å². The molecule has 0 aromatic heterocycles. The number of carbonyl (C=O) groups excluding carboxylic acids is 1. The molecule has 0 saturated heterocycles. The fourth-order valence-corrected chi connectivity index (χ4v) is 2.93. The molecule has 0 unspecified atom stereocenters. The maximum atomic E-state index is 13.3. The summed E-state index contributed by atoms with van der Waals surface area (Å²) in [6, 6.07) is 0. The fourth-order valence-electron chi connectivity index (χ4n) is 2.93. The van der Waals surface area contributed by atoms with Gasteiger partial charge >= 0.3 is 0 Å². The average Bonchev–Trinajstić information content (AvgIpc) is 2.04. The van der Waals surface area contributed by atoms with Crippen LogP contribution in [0.15, 0.2) is 0 Å². The van der Waals surface area contributed by atoms with Gasteiger partial charge in [-0.15, -0.1) is 0 Å². The molecule has 0 amide bonds. The van der Waals surface area contributed by atoms with Crippen LogP contribution < -0.4 is 0 Å². The van der Waals surface area contributed by atoms with Crippen LogP contribution in [0.25, 0.3) is 0 Å². The van der Waals surface area contributed by atoms with Crippen molar-refractivity contribution in [2.24, 2.45) is 5.41 Å². The molecule has 2 aliphatic carbocycles. The molecule has 0 N–H and O–H groups in total. The lowest BCUT2D eigenvalue weighted by Crippen LogP contribution is -2.50. The minimum Gasteiger partial charge on any atom is -0.300 e. The van der Waals surface area contributed by atoms with Crippen molar-refractivity contribution in [2.45, 2.75) is 50.6 Å². The number of halogens is 1. The zero-order chi connectivity index (χ0) is 8.66. The highest BCUT2D eigenvalue weighted by Gasteiger charge is 2.55. The number of aldehydes is 1. The summed E-state index contributed by atoms with van der Waals surface area (Å²) in [6.45, 7) is 0. The van der Waals surface area contributed by atoms with Gasteiger partial charge in [-0.05, 0) is 31.1 Å². The van der Waals surface area contributed by atoms with E-state index in [0.717, 1.165) is 12.8 Å². The van der Waals surface area contributed by atoms with E-state index >= 15 is 0 Å². The van der Waals surface area contributed by atoms with Crippen molar-refractivity contribution in [3.8, 4) is 0 Å². The molecule has 2 aliphatic rings. The van der Waals surface area contributed by atoms with Crippen LogP contribution in [0.1, 0.15) is 44.9 Å². The summed E-state index contributed by atoms with van der Waals surface area (Å²) in [5.41, 5.74) is -1.22. The molecule has 68 valence electrons. The van der Waals surface area contributed by atoms with E-state index in [0.29, 0.717) is 19.1 Å². The Hall–Kier alpha value is -0.400. The minimum atomic E-state index is -1.45. The molecule has 12 heavy (non-hydrogen) atoms. The largest absolute Gasteiger partial charge is 0.300 e. The Morgan fingerprint density at radius 3 is 2.17 bits per heavy atom. The second kappa shape index (κ2) is 2.54. The maximum Gasteiger partial charge on any atom is 0.166 e. The van der Waals surface area contributed by atoms with Gasteiger partial charge in [0, 0.05) is 0 Å². The first-order chi connectivity index (χ1) is 5.68. The Morgan fingerprint density at radius 1 is 1.08 bits per heavy atom. The van der Waals surface area contributed by atoms with Crippen LogP contribution in [0, 0.1) is 5.41 Å². The van der Waals surface area contributed by atoms with E-state index in [1.165, 1.54) is 19.3 Å². The zero-order valence-electron chi connectivity index (χ0n) is 7.31. The summed E-state index contributed by atoms with van der Waals surface area (Å²) < 4.78 is 13.3. The van der Waals surface area contributed by atoms with Gasteiger partial charge in [-0.25, -0.2) is 4.39 Å². The molecule has 1 spiro atoms. The van der Waals surface area contributed by atoms with Gasteiger partial charge in [-0.3, -0.25) is 4.79 Å². The van der Waals surface area contributed by atoms with Gasteiger partial charge in [0.25, 0.3) is 0 Å². The van der Waals surface area contributed by atoms with Gasteiger partial charge in [-0.2, -0.15) is 0 Å². The lowest BCUT2D eigenvalue weighted by atomic mass is 9.55. The molecule has 0 atom stereocenters. The Bertz CT molecular complexity index is 186. The van der Waals surface area contributed by atoms with E-state index in [-0.39, 0.29) is 5.41 Å². The van der Waals surface area contributed by atoms with Crippen molar-refractivity contribution >= 4 is 6.29 Å². The van der Waals surface area contributed by atoms with Crippen LogP contribution in [0.2, 0.25) is 0 Å². The predicted molar refractivity (Wildman–Crippen MR) is 44.7 cm³/mol. The van der Waals surface area contributed by atoms with Crippen LogP contribution in [-0.4, -0.2) is 12.0 Å². The monoisotopic (exact) mass is 170 g/mol. The summed E-state index contributed by atoms with van der Waals surface area (Å²) in [7, 11) is 0. The van der Waals surface area contributed by atoms with Gasteiger partial charge < -0.3 is 0 Å². The highest BCUT2D eigenvalue weighted by atomic mass is 19.1. The Balaban J connectivity index is 1.96. The fraction of sp³-hybridized carbons (Fsp3) is 0.900. The Labute approximate surface area is 72.3 Å². The van der Waals surface area contributed by atoms with Crippen molar-refractivity contribution in [3.63, 3.8) is 0 Å². The number of carbonyl (C=O) groups is 1. The molecular formula is C10H15FO. The molecule has 0 bridgehead atoms. The summed E-state index contributed by atoms with van der Waals surface area (Å²) in [5, 5.41) is 0. The lowest BCUT2D eigenvalue weighted by molar-refractivity contribution is -0.139. The number of alkyl halides is 1. The molecular weight excluding hydrogens is 155 g/mol. The molecule has 1 nitrogen and oxygen atoms in total. The van der Waals surface area contributed by atoms with E-state index in [1.54, 1.807) is 0 Å². The first kappa shape index (κ1) is 8.21. The Kier molecular flexibility index (Phi) is 1.74. The highest BCUT2D eigenvalue weighted by molar-refractivity contribution is 5.64. The van der Waals surface area contributed by atoms with E-state index in [1.807, 2.05) is 0 Å². The second-order valence-corrected chi connectivity index (χ2v) is 4.57. The Morgan fingerprint density at radius 2 is 1.67 bits per heavy atom. The molecule has 2 saturated carbocycles. The maximum absolute atomic E-state index is 13.3. The molecule has 0 heterocycles. The molecule has 0 aromatic carbocycles. The first-order valence-electron chi connectivity index (χ1n) is 4.83. The molecule has 0 aliphatic heterocycles. The van der Waals surface area contributed by atoms with Gasteiger partial charge in [0.2, 0.25) is 0 Å². The molecule has 0 radical (unpaired) electrons. The topological polar surface area (TPSA) is 17.1 Å². The number of hydrogen-bond donors (Lipinski definition) is 0. The molecule has 2 fully saturated rings. The quantitative estimate of drug-likeness (QED) is 0.553. The van der Waals surface area contributed by atoms with Gasteiger partial charge in [0.05, 0.1) is 0 Å². The van der Waals surface area contributed by atoms with Crippen LogP contribution >= 0.6 is 0 Å². The third-order valence-corrected chi connectivity index (χ3v) is 3.46. The van der Waals surface area contributed by atoms with E-state index in [2.05, 4.69) is 0 Å². The highest BCUT2D eigenvalue weighted by Crippen LogP contribution is 2.57. The lowest BCUT2D eigenvalue weighted by Gasteiger charge is -2.51. The van der Waals surface area contributed by atoms with Crippen LogP contribution in [-0.2, 0) is 4.79 Å². The van der Waals surface area contributed by atoms with E-state index in [9.17, 15) is 9.18 Å². The first-order valence-corrected chi connectivity index (χ1v) is 4.83. The van der Waals surface area contributed by atoms with Crippen molar-refractivity contribution in [1.29, 1.82) is 0 Å². The van der Waals surface area contributed by atoms with Crippen LogP contribution in [0.4, 0.5) is 4.39 Å². The summed E-state index contributed by atoms with van der Waals surface area (Å²) in [5.74, 6) is 0. The van der Waals surface area contributed by atoms with Gasteiger partial charge in [0.15, 0.2) is 12.0 Å². The molecule has 2 rings (SSSR count). The van der Waals surface area contributed by atoms with Crippen molar-refractivity contribution < 1.29 is 9.18 Å². The number of rotatable bonds is 1. The van der Waals surface area contributed by atoms with Gasteiger partial charge in [-0.1, -0.05) is 19.3 Å². The van der Waals surface area contributed by atoms with Crippen molar-refractivity contribution in [3.05, 3.63) is 0 Å². The summed E-state index contributed by atoms with van der Waals surface area (Å²) in [4.78, 5) is 10.4. The summed E-state index contributed by atoms with van der Waals surface area (Å²) in [6.07, 6.45) is 7.56. The minimum absolute atomic E-state index is 0.230. The average molecular weight is 170 g/mol.